The number of aromatic nitrogens is 2. The topological polar surface area (TPSA) is 75.0 Å². The van der Waals surface area contributed by atoms with Gasteiger partial charge in [0.1, 0.15) is 12.3 Å². The predicted molar refractivity (Wildman–Crippen MR) is 119 cm³/mol. The molecule has 1 fully saturated rings. The van der Waals surface area contributed by atoms with Crippen LogP contribution in [0.1, 0.15) is 25.3 Å². The highest BCUT2D eigenvalue weighted by molar-refractivity contribution is 5.98. The Morgan fingerprint density at radius 2 is 2.07 bits per heavy atom. The second-order valence-corrected chi connectivity index (χ2v) is 7.41. The number of unbranched alkanes of at least 4 members (excludes halogenated alkanes) is 1. The molecule has 0 bridgehead atoms. The van der Waals surface area contributed by atoms with Crippen molar-refractivity contribution in [2.24, 2.45) is 12.0 Å². The first kappa shape index (κ1) is 21.7. The molecular weight excluding hydrogens is 380 g/mol. The number of aliphatic imine (C=N–C) groups is 1. The Labute approximate surface area is 178 Å². The predicted octanol–water partition coefficient (Wildman–Crippen LogP) is 2.07. The van der Waals surface area contributed by atoms with Crippen molar-refractivity contribution in [3.63, 3.8) is 0 Å². The Morgan fingerprint density at radius 1 is 1.27 bits per heavy atom. The van der Waals surface area contributed by atoms with E-state index >= 15 is 0 Å². The third-order valence-electron chi connectivity index (χ3n) is 5.12. The van der Waals surface area contributed by atoms with Crippen LogP contribution >= 0.6 is 0 Å². The molecule has 8 nitrogen and oxygen atoms in total. The number of hydrogen-bond donors (Lipinski definition) is 1. The highest BCUT2D eigenvalue weighted by atomic mass is 16.5. The van der Waals surface area contributed by atoms with Gasteiger partial charge in [-0.3, -0.25) is 14.5 Å². The van der Waals surface area contributed by atoms with Gasteiger partial charge in [0, 0.05) is 39.9 Å². The molecule has 1 saturated heterocycles. The number of hydrogen-bond acceptors (Lipinski definition) is 4. The lowest BCUT2D eigenvalue weighted by Crippen LogP contribution is -2.55. The number of anilines is 1. The molecule has 1 amide bonds. The number of rotatable bonds is 8. The summed E-state index contributed by atoms with van der Waals surface area (Å²) in [5.74, 6) is 1.73. The highest BCUT2D eigenvalue weighted by Gasteiger charge is 2.27. The first-order chi connectivity index (χ1) is 14.6. The number of guanidine groups is 1. The van der Waals surface area contributed by atoms with Crippen molar-refractivity contribution in [3.8, 4) is 5.75 Å². The van der Waals surface area contributed by atoms with E-state index in [-0.39, 0.29) is 5.91 Å². The average Bonchev–Trinajstić information content (AvgIpc) is 3.18. The molecule has 8 heteroatoms. The summed E-state index contributed by atoms with van der Waals surface area (Å²) in [5.41, 5.74) is 2.07. The number of piperazine rings is 1. The van der Waals surface area contributed by atoms with E-state index in [9.17, 15) is 4.79 Å². The molecule has 1 N–H and O–H groups in total. The number of amides is 1. The van der Waals surface area contributed by atoms with Crippen molar-refractivity contribution >= 4 is 17.6 Å². The van der Waals surface area contributed by atoms with Gasteiger partial charge in [-0.1, -0.05) is 25.5 Å². The maximum absolute atomic E-state index is 12.6. The second-order valence-electron chi connectivity index (χ2n) is 7.41. The summed E-state index contributed by atoms with van der Waals surface area (Å²) in [4.78, 5) is 20.7. The minimum absolute atomic E-state index is 0.0517. The summed E-state index contributed by atoms with van der Waals surface area (Å²) in [6, 6.07) is 8.25. The summed E-state index contributed by atoms with van der Waals surface area (Å²) in [6.07, 6.45) is 6.67. The summed E-state index contributed by atoms with van der Waals surface area (Å²) >= 11 is 0. The fourth-order valence-electron chi connectivity index (χ4n) is 3.41. The van der Waals surface area contributed by atoms with Gasteiger partial charge in [-0.2, -0.15) is 5.10 Å². The molecular formula is C22H32N6O2. The van der Waals surface area contributed by atoms with Crippen LogP contribution in [-0.2, 0) is 18.3 Å². The lowest BCUT2D eigenvalue weighted by Gasteiger charge is -2.35. The molecule has 3 rings (SSSR count). The molecule has 162 valence electrons. The average molecular weight is 413 g/mol. The Hall–Kier alpha value is -3.03. The lowest BCUT2D eigenvalue weighted by molar-refractivity contribution is -0.120. The number of nitrogens with one attached hydrogen (secondary N) is 1. The van der Waals surface area contributed by atoms with E-state index in [0.29, 0.717) is 13.1 Å². The van der Waals surface area contributed by atoms with Gasteiger partial charge in [0.15, 0.2) is 5.96 Å². The Bertz CT molecular complexity index is 846. The van der Waals surface area contributed by atoms with E-state index in [1.165, 1.54) is 5.56 Å². The number of nitrogens with zero attached hydrogens (tertiary/aromatic N) is 5. The minimum Gasteiger partial charge on any atom is -0.494 e. The van der Waals surface area contributed by atoms with E-state index in [1.54, 1.807) is 22.8 Å². The fourth-order valence-corrected chi connectivity index (χ4v) is 3.41. The van der Waals surface area contributed by atoms with Gasteiger partial charge in [0.05, 0.1) is 18.5 Å². The van der Waals surface area contributed by atoms with Crippen LogP contribution in [0.15, 0.2) is 41.7 Å². The van der Waals surface area contributed by atoms with E-state index in [1.807, 2.05) is 30.3 Å². The fraction of sp³-hybridized carbons (Fsp3) is 0.500. The van der Waals surface area contributed by atoms with Crippen LogP contribution in [0.5, 0.6) is 5.75 Å². The van der Waals surface area contributed by atoms with Gasteiger partial charge in [-0.15, -0.1) is 0 Å². The van der Waals surface area contributed by atoms with Crippen LogP contribution in [0.4, 0.5) is 5.69 Å². The quantitative estimate of drug-likeness (QED) is 0.408. The number of aryl methyl sites for hydroxylation is 1. The molecule has 1 aliphatic rings. The molecule has 0 radical (unpaired) electrons. The molecule has 2 aromatic rings. The number of carbonyl (C=O) groups is 1. The number of carbonyl (C=O) groups excluding carboxylic acids is 1. The van der Waals surface area contributed by atoms with Crippen molar-refractivity contribution in [2.45, 2.75) is 26.2 Å². The van der Waals surface area contributed by atoms with Crippen molar-refractivity contribution in [3.05, 3.63) is 42.2 Å². The third-order valence-corrected chi connectivity index (χ3v) is 5.12. The summed E-state index contributed by atoms with van der Waals surface area (Å²) in [5, 5.41) is 7.54. The SMILES string of the molecule is CCCCOc1ccc(CCNC(=NC)N2CCN(c3cnn(C)c3)C(=O)C2)cc1. The number of ether oxygens (including phenoxy) is 1. The van der Waals surface area contributed by atoms with Crippen LogP contribution < -0.4 is 15.0 Å². The van der Waals surface area contributed by atoms with Gasteiger partial charge in [0.2, 0.25) is 5.91 Å². The Balaban J connectivity index is 1.45. The van der Waals surface area contributed by atoms with Crippen molar-refractivity contribution in [1.29, 1.82) is 0 Å². The molecule has 2 heterocycles. The van der Waals surface area contributed by atoms with E-state index in [4.69, 9.17) is 4.74 Å². The summed E-state index contributed by atoms with van der Waals surface area (Å²) < 4.78 is 7.42. The van der Waals surface area contributed by atoms with Gasteiger partial charge in [0.25, 0.3) is 0 Å². The molecule has 0 spiro atoms. The van der Waals surface area contributed by atoms with Crippen molar-refractivity contribution in [1.82, 2.24) is 20.0 Å². The monoisotopic (exact) mass is 412 g/mol. The molecule has 30 heavy (non-hydrogen) atoms. The van der Waals surface area contributed by atoms with E-state index in [2.05, 4.69) is 34.5 Å². The van der Waals surface area contributed by atoms with E-state index in [0.717, 1.165) is 56.4 Å². The first-order valence-corrected chi connectivity index (χ1v) is 10.6. The van der Waals surface area contributed by atoms with Crippen molar-refractivity contribution in [2.75, 3.05) is 44.7 Å². The zero-order chi connectivity index (χ0) is 21.3. The summed E-state index contributed by atoms with van der Waals surface area (Å²) in [7, 11) is 3.60. The largest absolute Gasteiger partial charge is 0.494 e. The molecule has 0 atom stereocenters. The molecule has 0 aliphatic carbocycles. The van der Waals surface area contributed by atoms with Crippen LogP contribution in [0, 0.1) is 0 Å². The second kappa shape index (κ2) is 10.7. The molecule has 1 aliphatic heterocycles. The lowest BCUT2D eigenvalue weighted by atomic mass is 10.1. The van der Waals surface area contributed by atoms with Gasteiger partial charge < -0.3 is 19.9 Å². The minimum atomic E-state index is 0.0517. The van der Waals surface area contributed by atoms with Crippen molar-refractivity contribution < 1.29 is 9.53 Å². The van der Waals surface area contributed by atoms with Crippen LogP contribution in [0.2, 0.25) is 0 Å². The molecule has 1 aromatic heterocycles. The van der Waals surface area contributed by atoms with Gasteiger partial charge >= 0.3 is 0 Å². The zero-order valence-corrected chi connectivity index (χ0v) is 18.2. The normalized spacial score (nSPS) is 14.9. The van der Waals surface area contributed by atoms with Crippen LogP contribution in [0.25, 0.3) is 0 Å². The summed E-state index contributed by atoms with van der Waals surface area (Å²) in [6.45, 7) is 5.32. The Morgan fingerprint density at radius 3 is 2.70 bits per heavy atom. The van der Waals surface area contributed by atoms with Crippen LogP contribution in [0.3, 0.4) is 0 Å². The molecule has 1 aromatic carbocycles. The zero-order valence-electron chi connectivity index (χ0n) is 18.2. The standard InChI is InChI=1S/C22H32N6O2/c1-4-5-14-30-20-8-6-18(7-9-20)10-11-24-22(23-2)27-12-13-28(21(29)17-27)19-15-25-26(3)16-19/h6-9,15-16H,4-5,10-14,17H2,1-3H3,(H,23,24). The maximum Gasteiger partial charge on any atom is 0.246 e. The maximum atomic E-state index is 12.6. The molecule has 0 saturated carbocycles. The third kappa shape index (κ3) is 5.75. The first-order valence-electron chi connectivity index (χ1n) is 10.6. The van der Waals surface area contributed by atoms with Gasteiger partial charge in [-0.05, 0) is 30.5 Å². The highest BCUT2D eigenvalue weighted by Crippen LogP contribution is 2.16. The van der Waals surface area contributed by atoms with E-state index < -0.39 is 0 Å². The van der Waals surface area contributed by atoms with Crippen LogP contribution in [-0.4, -0.2) is 66.4 Å². The molecule has 0 unspecified atom stereocenters. The smallest absolute Gasteiger partial charge is 0.246 e. The Kier molecular flexibility index (Phi) is 7.70. The number of benzene rings is 1. The van der Waals surface area contributed by atoms with Gasteiger partial charge in [-0.25, -0.2) is 0 Å².